The molecule has 0 aliphatic heterocycles. The first-order valence-electron chi connectivity index (χ1n) is 6.53. The van der Waals surface area contributed by atoms with Gasteiger partial charge in [0, 0.05) is 23.3 Å². The summed E-state index contributed by atoms with van der Waals surface area (Å²) < 4.78 is 16.0. The van der Waals surface area contributed by atoms with Gasteiger partial charge < -0.3 is 9.88 Å². The summed E-state index contributed by atoms with van der Waals surface area (Å²) in [6, 6.07) is 8.51. The molecule has 2 aromatic rings. The van der Waals surface area contributed by atoms with Crippen molar-refractivity contribution < 1.29 is 9.18 Å². The first-order valence-corrected chi connectivity index (χ1v) is 7.33. The number of halogens is 2. The molecule has 3 nitrogen and oxygen atoms in total. The molecular weight excluding hydrogens is 323 g/mol. The second-order valence-corrected chi connectivity index (χ2v) is 5.91. The molecule has 1 aromatic carbocycles. The molecule has 0 saturated heterocycles. The van der Waals surface area contributed by atoms with Crippen LogP contribution in [0.15, 0.2) is 41.0 Å². The summed E-state index contributed by atoms with van der Waals surface area (Å²) in [7, 11) is 0. The van der Waals surface area contributed by atoms with Gasteiger partial charge in [-0.25, -0.2) is 4.39 Å². The molecule has 3 rings (SSSR count). The van der Waals surface area contributed by atoms with Gasteiger partial charge in [-0.2, -0.15) is 0 Å². The summed E-state index contributed by atoms with van der Waals surface area (Å²) in [6.45, 7) is 0.323. The first kappa shape index (κ1) is 13.4. The molecule has 1 aliphatic rings. The fourth-order valence-electron chi connectivity index (χ4n) is 2.20. The van der Waals surface area contributed by atoms with Gasteiger partial charge in [0.1, 0.15) is 11.5 Å². The fourth-order valence-corrected chi connectivity index (χ4v) is 2.64. The molecule has 0 spiro atoms. The Hall–Kier alpha value is -1.62. The van der Waals surface area contributed by atoms with Crippen LogP contribution in [0.3, 0.4) is 0 Å². The Kier molecular flexibility index (Phi) is 3.61. The second-order valence-electron chi connectivity index (χ2n) is 4.99. The maximum absolute atomic E-state index is 13.1. The highest BCUT2D eigenvalue weighted by Crippen LogP contribution is 2.37. The van der Waals surface area contributed by atoms with Crippen molar-refractivity contribution in [3.05, 3.63) is 58.1 Å². The highest BCUT2D eigenvalue weighted by atomic mass is 79.9. The van der Waals surface area contributed by atoms with Crippen molar-refractivity contribution in [1.29, 1.82) is 0 Å². The van der Waals surface area contributed by atoms with Crippen molar-refractivity contribution in [2.24, 2.45) is 0 Å². The number of nitrogens with zero attached hydrogens (tertiary/aromatic N) is 1. The van der Waals surface area contributed by atoms with Crippen molar-refractivity contribution in [3.63, 3.8) is 0 Å². The molecule has 0 atom stereocenters. The Balaban J connectivity index is 1.70. The molecule has 1 fully saturated rings. The second kappa shape index (κ2) is 5.40. The lowest BCUT2D eigenvalue weighted by Gasteiger charge is -2.08. The van der Waals surface area contributed by atoms with E-state index < -0.39 is 0 Å². The highest BCUT2D eigenvalue weighted by Gasteiger charge is 2.27. The van der Waals surface area contributed by atoms with Crippen LogP contribution in [0.2, 0.25) is 0 Å². The summed E-state index contributed by atoms with van der Waals surface area (Å²) in [5.74, 6) is -0.423. The number of aromatic nitrogens is 1. The van der Waals surface area contributed by atoms with Crippen molar-refractivity contribution in [3.8, 4) is 0 Å². The van der Waals surface area contributed by atoms with Gasteiger partial charge in [0.15, 0.2) is 0 Å². The topological polar surface area (TPSA) is 34.0 Å². The smallest absolute Gasteiger partial charge is 0.268 e. The van der Waals surface area contributed by atoms with Crippen LogP contribution < -0.4 is 5.32 Å². The van der Waals surface area contributed by atoms with E-state index in [1.807, 2.05) is 16.8 Å². The third-order valence-corrected chi connectivity index (χ3v) is 3.76. The van der Waals surface area contributed by atoms with Gasteiger partial charge in [0.2, 0.25) is 0 Å². The van der Waals surface area contributed by atoms with Crippen LogP contribution in [0, 0.1) is 5.82 Å². The van der Waals surface area contributed by atoms with E-state index in [9.17, 15) is 9.18 Å². The Morgan fingerprint density at radius 3 is 2.90 bits per heavy atom. The van der Waals surface area contributed by atoms with Crippen LogP contribution in [0.4, 0.5) is 4.39 Å². The SMILES string of the molecule is O=C(NCc1cccc(F)c1)c1cc(Br)cn1C1CC1. The molecule has 1 N–H and O–H groups in total. The zero-order valence-electron chi connectivity index (χ0n) is 10.8. The maximum atomic E-state index is 13.1. The Labute approximate surface area is 124 Å². The van der Waals surface area contributed by atoms with E-state index in [1.54, 1.807) is 12.1 Å². The lowest BCUT2D eigenvalue weighted by atomic mass is 10.2. The first-order chi connectivity index (χ1) is 9.63. The van der Waals surface area contributed by atoms with E-state index in [4.69, 9.17) is 0 Å². The normalized spacial score (nSPS) is 14.3. The predicted molar refractivity (Wildman–Crippen MR) is 78.0 cm³/mol. The number of amides is 1. The number of hydrogen-bond donors (Lipinski definition) is 1. The molecule has 1 aliphatic carbocycles. The van der Waals surface area contributed by atoms with Crippen molar-refractivity contribution in [2.75, 3.05) is 0 Å². The van der Waals surface area contributed by atoms with E-state index in [1.165, 1.54) is 12.1 Å². The molecule has 104 valence electrons. The van der Waals surface area contributed by atoms with Gasteiger partial charge in [-0.05, 0) is 52.5 Å². The molecular formula is C15H14BrFN2O. The monoisotopic (exact) mass is 336 g/mol. The zero-order chi connectivity index (χ0) is 14.1. The number of nitrogens with one attached hydrogen (secondary N) is 1. The third kappa shape index (κ3) is 2.93. The molecule has 5 heteroatoms. The van der Waals surface area contributed by atoms with Crippen molar-refractivity contribution >= 4 is 21.8 Å². The van der Waals surface area contributed by atoms with Gasteiger partial charge in [0.05, 0.1) is 0 Å². The van der Waals surface area contributed by atoms with Crippen molar-refractivity contribution in [1.82, 2.24) is 9.88 Å². The number of carbonyl (C=O) groups is 1. The number of rotatable bonds is 4. The van der Waals surface area contributed by atoms with Gasteiger partial charge in [0.25, 0.3) is 5.91 Å². The lowest BCUT2D eigenvalue weighted by Crippen LogP contribution is -2.25. The minimum Gasteiger partial charge on any atom is -0.347 e. The van der Waals surface area contributed by atoms with Gasteiger partial charge in [-0.1, -0.05) is 12.1 Å². The summed E-state index contributed by atoms with van der Waals surface area (Å²) in [6.07, 6.45) is 4.17. The average Bonchev–Trinajstić information content (AvgIpc) is 3.19. The van der Waals surface area contributed by atoms with Crippen LogP contribution in [0.5, 0.6) is 0 Å². The lowest BCUT2D eigenvalue weighted by molar-refractivity contribution is 0.0941. The predicted octanol–water partition coefficient (Wildman–Crippen LogP) is 3.65. The maximum Gasteiger partial charge on any atom is 0.268 e. The summed E-state index contributed by atoms with van der Waals surface area (Å²) in [4.78, 5) is 12.2. The van der Waals surface area contributed by atoms with E-state index in [2.05, 4.69) is 21.2 Å². The van der Waals surface area contributed by atoms with Gasteiger partial charge >= 0.3 is 0 Å². The van der Waals surface area contributed by atoms with E-state index in [0.717, 1.165) is 22.9 Å². The molecule has 1 saturated carbocycles. The van der Waals surface area contributed by atoms with Crippen LogP contribution in [-0.2, 0) is 6.54 Å². The fraction of sp³-hybridized carbons (Fsp3) is 0.267. The Bertz CT molecular complexity index is 649. The molecule has 0 radical (unpaired) electrons. The van der Waals surface area contributed by atoms with Crippen LogP contribution >= 0.6 is 15.9 Å². The van der Waals surface area contributed by atoms with Gasteiger partial charge in [-0.3, -0.25) is 4.79 Å². The zero-order valence-corrected chi connectivity index (χ0v) is 12.4. The minimum absolute atomic E-state index is 0.133. The standard InChI is InChI=1S/C15H14BrFN2O/c16-11-7-14(19(9-11)13-4-5-13)15(20)18-8-10-2-1-3-12(17)6-10/h1-3,6-7,9,13H,4-5,8H2,(H,18,20). The van der Waals surface area contributed by atoms with Gasteiger partial charge in [-0.15, -0.1) is 0 Å². The van der Waals surface area contributed by atoms with E-state index in [0.29, 0.717) is 18.3 Å². The number of carbonyl (C=O) groups excluding carboxylic acids is 1. The van der Waals surface area contributed by atoms with E-state index >= 15 is 0 Å². The molecule has 1 heterocycles. The van der Waals surface area contributed by atoms with Crippen LogP contribution in [-0.4, -0.2) is 10.5 Å². The Morgan fingerprint density at radius 2 is 2.20 bits per heavy atom. The minimum atomic E-state index is -0.291. The largest absolute Gasteiger partial charge is 0.347 e. The summed E-state index contributed by atoms with van der Waals surface area (Å²) >= 11 is 3.40. The van der Waals surface area contributed by atoms with Crippen molar-refractivity contribution in [2.45, 2.75) is 25.4 Å². The third-order valence-electron chi connectivity index (χ3n) is 3.33. The molecule has 0 bridgehead atoms. The number of benzene rings is 1. The summed E-state index contributed by atoms with van der Waals surface area (Å²) in [5.41, 5.74) is 1.40. The quantitative estimate of drug-likeness (QED) is 0.908. The van der Waals surface area contributed by atoms with Crippen LogP contribution in [0.25, 0.3) is 0 Å². The average molecular weight is 337 g/mol. The molecule has 0 unspecified atom stereocenters. The molecule has 20 heavy (non-hydrogen) atoms. The van der Waals surface area contributed by atoms with Crippen LogP contribution in [0.1, 0.15) is 34.9 Å². The Morgan fingerprint density at radius 1 is 1.40 bits per heavy atom. The van der Waals surface area contributed by atoms with E-state index in [-0.39, 0.29) is 11.7 Å². The summed E-state index contributed by atoms with van der Waals surface area (Å²) in [5, 5.41) is 2.83. The molecule has 1 aromatic heterocycles. The molecule has 1 amide bonds. The highest BCUT2D eigenvalue weighted by molar-refractivity contribution is 9.10. The number of hydrogen-bond acceptors (Lipinski definition) is 1.